The molecule has 2 N–H and O–H groups in total. The van der Waals surface area contributed by atoms with Crippen LogP contribution in [0.3, 0.4) is 0 Å². The lowest BCUT2D eigenvalue weighted by molar-refractivity contribution is -0.118. The van der Waals surface area contributed by atoms with Gasteiger partial charge in [0, 0.05) is 27.3 Å². The number of hydrogen-bond acceptors (Lipinski definition) is 3. The molecule has 1 aromatic heterocycles. The Bertz CT molecular complexity index is 930. The zero-order valence-electron chi connectivity index (χ0n) is 15.7. The predicted octanol–water partition coefficient (Wildman–Crippen LogP) is 6.22. The first kappa shape index (κ1) is 19.2. The van der Waals surface area contributed by atoms with Crippen molar-refractivity contribution in [3.05, 3.63) is 70.4 Å². The second kappa shape index (κ2) is 8.44. The zero-order chi connectivity index (χ0) is 19.4. The Kier molecular flexibility index (Phi) is 6.01. The van der Waals surface area contributed by atoms with Crippen LogP contribution >= 0.6 is 15.9 Å². The molecule has 0 aliphatic rings. The van der Waals surface area contributed by atoms with E-state index in [1.165, 1.54) is 0 Å². The highest BCUT2D eigenvalue weighted by Crippen LogP contribution is 2.28. The lowest BCUT2D eigenvalue weighted by Crippen LogP contribution is -2.17. The average molecular weight is 427 g/mol. The van der Waals surface area contributed by atoms with E-state index in [4.69, 9.17) is 4.42 Å². The second-order valence-corrected chi connectivity index (χ2v) is 7.72. The van der Waals surface area contributed by atoms with Crippen molar-refractivity contribution in [3.63, 3.8) is 0 Å². The number of carbonyl (C=O) groups is 1. The van der Waals surface area contributed by atoms with Gasteiger partial charge in [0.05, 0.1) is 6.54 Å². The smallest absolute Gasteiger partial charge is 0.226 e. The normalized spacial score (nSPS) is 10.9. The molecule has 3 aromatic rings. The van der Waals surface area contributed by atoms with Gasteiger partial charge >= 0.3 is 0 Å². The first-order valence-electron chi connectivity index (χ1n) is 8.92. The van der Waals surface area contributed by atoms with Crippen molar-refractivity contribution >= 4 is 33.2 Å². The number of furan rings is 1. The summed E-state index contributed by atoms with van der Waals surface area (Å²) < 4.78 is 7.04. The fourth-order valence-corrected chi connectivity index (χ4v) is 3.14. The van der Waals surface area contributed by atoms with Gasteiger partial charge in [-0.3, -0.25) is 4.79 Å². The van der Waals surface area contributed by atoms with Gasteiger partial charge < -0.3 is 15.1 Å². The highest BCUT2D eigenvalue weighted by Gasteiger charge is 2.09. The van der Waals surface area contributed by atoms with Crippen molar-refractivity contribution < 1.29 is 9.21 Å². The number of carbonyl (C=O) groups excluding carboxylic acids is 1. The Labute approximate surface area is 168 Å². The summed E-state index contributed by atoms with van der Waals surface area (Å²) in [6, 6.07) is 17.8. The summed E-state index contributed by atoms with van der Waals surface area (Å²) in [6.07, 6.45) is 0. The fourth-order valence-electron chi connectivity index (χ4n) is 2.67. The molecule has 140 valence electrons. The van der Waals surface area contributed by atoms with Gasteiger partial charge in [0.2, 0.25) is 5.91 Å². The summed E-state index contributed by atoms with van der Waals surface area (Å²) in [4.78, 5) is 11.7. The Morgan fingerprint density at radius 2 is 1.74 bits per heavy atom. The molecule has 27 heavy (non-hydrogen) atoms. The van der Waals surface area contributed by atoms with Gasteiger partial charge in [-0.2, -0.15) is 0 Å². The minimum atomic E-state index is -0.0367. The summed E-state index contributed by atoms with van der Waals surface area (Å²) in [5, 5.41) is 6.22. The maximum absolute atomic E-state index is 11.7. The van der Waals surface area contributed by atoms with Crippen molar-refractivity contribution in [1.82, 2.24) is 0 Å². The van der Waals surface area contributed by atoms with Crippen molar-refractivity contribution in [2.45, 2.75) is 27.3 Å². The number of benzene rings is 2. The summed E-state index contributed by atoms with van der Waals surface area (Å²) >= 11 is 3.49. The molecular weight excluding hydrogens is 404 g/mol. The van der Waals surface area contributed by atoms with Crippen LogP contribution in [0.5, 0.6) is 0 Å². The number of rotatable bonds is 6. The molecule has 5 heteroatoms. The molecule has 3 rings (SSSR count). The molecule has 0 bridgehead atoms. The Morgan fingerprint density at radius 3 is 2.41 bits per heavy atom. The molecule has 0 spiro atoms. The average Bonchev–Trinajstić information content (AvgIpc) is 3.09. The van der Waals surface area contributed by atoms with Gasteiger partial charge in [-0.15, -0.1) is 0 Å². The quantitative estimate of drug-likeness (QED) is 0.491. The van der Waals surface area contributed by atoms with E-state index in [0.717, 1.165) is 38.5 Å². The SMILES string of the molecule is Cc1cc(Br)ccc1-c1ccc(CNc2ccc(NC(=O)C(C)C)cc2)o1. The highest BCUT2D eigenvalue weighted by atomic mass is 79.9. The summed E-state index contributed by atoms with van der Waals surface area (Å²) in [6.45, 7) is 6.41. The predicted molar refractivity (Wildman–Crippen MR) is 114 cm³/mol. The Morgan fingerprint density at radius 1 is 1.04 bits per heavy atom. The maximum Gasteiger partial charge on any atom is 0.226 e. The van der Waals surface area contributed by atoms with E-state index in [1.807, 2.05) is 56.3 Å². The Hall–Kier alpha value is -2.53. The molecule has 0 saturated heterocycles. The molecule has 0 atom stereocenters. The maximum atomic E-state index is 11.7. The molecule has 1 amide bonds. The van der Waals surface area contributed by atoms with Crippen LogP contribution < -0.4 is 10.6 Å². The molecule has 0 radical (unpaired) electrons. The van der Waals surface area contributed by atoms with Crippen LogP contribution in [-0.2, 0) is 11.3 Å². The number of amides is 1. The van der Waals surface area contributed by atoms with Crippen LogP contribution in [0.4, 0.5) is 11.4 Å². The van der Waals surface area contributed by atoms with E-state index in [1.54, 1.807) is 0 Å². The van der Waals surface area contributed by atoms with E-state index in [9.17, 15) is 4.79 Å². The fraction of sp³-hybridized carbons (Fsp3) is 0.227. The van der Waals surface area contributed by atoms with Crippen LogP contribution in [0.25, 0.3) is 11.3 Å². The molecule has 1 heterocycles. The lowest BCUT2D eigenvalue weighted by Gasteiger charge is -2.09. The van der Waals surface area contributed by atoms with E-state index >= 15 is 0 Å². The number of nitrogens with one attached hydrogen (secondary N) is 2. The van der Waals surface area contributed by atoms with Gasteiger partial charge in [0.25, 0.3) is 0 Å². The zero-order valence-corrected chi connectivity index (χ0v) is 17.3. The van der Waals surface area contributed by atoms with Crippen molar-refractivity contribution in [3.8, 4) is 11.3 Å². The topological polar surface area (TPSA) is 54.3 Å². The van der Waals surface area contributed by atoms with Crippen molar-refractivity contribution in [1.29, 1.82) is 0 Å². The highest BCUT2D eigenvalue weighted by molar-refractivity contribution is 9.10. The molecule has 0 aliphatic carbocycles. The van der Waals surface area contributed by atoms with Gasteiger partial charge in [-0.1, -0.05) is 29.8 Å². The van der Waals surface area contributed by atoms with Crippen molar-refractivity contribution in [2.24, 2.45) is 5.92 Å². The first-order chi connectivity index (χ1) is 12.9. The van der Waals surface area contributed by atoms with Crippen LogP contribution in [0, 0.1) is 12.8 Å². The lowest BCUT2D eigenvalue weighted by atomic mass is 10.1. The van der Waals surface area contributed by atoms with Crippen LogP contribution in [0.1, 0.15) is 25.2 Å². The molecule has 0 fully saturated rings. The van der Waals surface area contributed by atoms with Gasteiger partial charge in [0.15, 0.2) is 0 Å². The third-order valence-corrected chi connectivity index (χ3v) is 4.75. The largest absolute Gasteiger partial charge is 0.459 e. The van der Waals surface area contributed by atoms with Crippen molar-refractivity contribution in [2.75, 3.05) is 10.6 Å². The van der Waals surface area contributed by atoms with Gasteiger partial charge in [0.1, 0.15) is 11.5 Å². The van der Waals surface area contributed by atoms with E-state index in [2.05, 4.69) is 45.6 Å². The van der Waals surface area contributed by atoms with E-state index < -0.39 is 0 Å². The Balaban J connectivity index is 1.61. The van der Waals surface area contributed by atoms with Crippen LogP contribution in [0.2, 0.25) is 0 Å². The minimum Gasteiger partial charge on any atom is -0.459 e. The molecule has 2 aromatic carbocycles. The van der Waals surface area contributed by atoms with Crippen LogP contribution in [0.15, 0.2) is 63.5 Å². The molecule has 0 aliphatic heterocycles. The molecular formula is C22H23BrN2O2. The molecule has 0 saturated carbocycles. The summed E-state index contributed by atoms with van der Waals surface area (Å²) in [5.74, 6) is 1.71. The monoisotopic (exact) mass is 426 g/mol. The molecule has 0 unspecified atom stereocenters. The minimum absolute atomic E-state index is 0.0158. The van der Waals surface area contributed by atoms with E-state index in [-0.39, 0.29) is 11.8 Å². The van der Waals surface area contributed by atoms with Gasteiger partial charge in [-0.05, 0) is 67.1 Å². The number of hydrogen-bond donors (Lipinski definition) is 2. The van der Waals surface area contributed by atoms with Crippen LogP contribution in [-0.4, -0.2) is 5.91 Å². The number of anilines is 2. The third kappa shape index (κ3) is 5.01. The summed E-state index contributed by atoms with van der Waals surface area (Å²) in [7, 11) is 0. The standard InChI is InChI=1S/C22H23BrN2O2/c1-14(2)22(26)25-18-7-5-17(6-8-18)24-13-19-9-11-21(27-19)20-10-4-16(23)12-15(20)3/h4-12,14,24H,13H2,1-3H3,(H,25,26). The van der Waals surface area contributed by atoms with E-state index in [0.29, 0.717) is 6.54 Å². The number of aryl methyl sites for hydroxylation is 1. The van der Waals surface area contributed by atoms with Gasteiger partial charge in [-0.25, -0.2) is 0 Å². The molecule has 4 nitrogen and oxygen atoms in total. The second-order valence-electron chi connectivity index (χ2n) is 6.80. The third-order valence-electron chi connectivity index (χ3n) is 4.26. The summed E-state index contributed by atoms with van der Waals surface area (Å²) in [5.41, 5.74) is 4.02. The first-order valence-corrected chi connectivity index (χ1v) is 9.71. The number of halogens is 1.